The summed E-state index contributed by atoms with van der Waals surface area (Å²) in [4.78, 5) is 28.3. The van der Waals surface area contributed by atoms with Gasteiger partial charge < -0.3 is 29.7 Å². The topological polar surface area (TPSA) is 163 Å². The summed E-state index contributed by atoms with van der Waals surface area (Å²) in [6, 6.07) is 0. The number of fused-ring (bicyclic) bond motifs is 1. The number of H-pyrrole nitrogens is 1. The standard InChI is InChI=1S/C10H13N4O7PS/c15-6-4(1-20-22(17,18)19)21-10(7(6)16)14-3-13-9(23)5-8(14)12-2-11-5/h2-4,6-7,10,15-16H,1H2,(H,11,12)(H2,17,18,19)/t4-,6-,7-,10+/m1/s1. The number of aromatic nitrogens is 4. The number of aliphatic hydroxyl groups excluding tert-OH is 2. The van der Waals surface area contributed by atoms with Gasteiger partial charge in [0, 0.05) is 0 Å². The quantitative estimate of drug-likeness (QED) is 0.343. The van der Waals surface area contributed by atoms with Crippen molar-refractivity contribution in [1.29, 1.82) is 0 Å². The van der Waals surface area contributed by atoms with E-state index in [1.165, 1.54) is 17.2 Å². The number of imidazole rings is 1. The van der Waals surface area contributed by atoms with E-state index in [1.54, 1.807) is 0 Å². The van der Waals surface area contributed by atoms with E-state index in [4.69, 9.17) is 26.7 Å². The second-order valence-electron chi connectivity index (χ2n) is 4.89. The van der Waals surface area contributed by atoms with Crippen molar-refractivity contribution in [3.8, 4) is 0 Å². The minimum atomic E-state index is -4.71. The Morgan fingerprint density at radius 1 is 1.39 bits per heavy atom. The van der Waals surface area contributed by atoms with Gasteiger partial charge in [0.1, 0.15) is 30.2 Å². The fourth-order valence-corrected chi connectivity index (χ4v) is 2.87. The Hall–Kier alpha value is -1.24. The van der Waals surface area contributed by atoms with Gasteiger partial charge in [0.25, 0.3) is 0 Å². The number of phosphoric ester groups is 1. The Labute approximate surface area is 133 Å². The van der Waals surface area contributed by atoms with Crippen LogP contribution in [0.4, 0.5) is 0 Å². The molecule has 3 rings (SSSR count). The number of rotatable bonds is 4. The first-order chi connectivity index (χ1) is 10.8. The number of ether oxygens (including phenoxy) is 1. The summed E-state index contributed by atoms with van der Waals surface area (Å²) in [6.45, 7) is -0.587. The maximum absolute atomic E-state index is 10.7. The van der Waals surface area contributed by atoms with E-state index in [1.807, 2.05) is 0 Å². The molecule has 1 aliphatic heterocycles. The van der Waals surface area contributed by atoms with Gasteiger partial charge in [-0.3, -0.25) is 9.09 Å². The monoisotopic (exact) mass is 364 g/mol. The lowest BCUT2D eigenvalue weighted by atomic mass is 10.1. The van der Waals surface area contributed by atoms with Gasteiger partial charge in [0.05, 0.1) is 12.9 Å². The molecule has 4 atom stereocenters. The van der Waals surface area contributed by atoms with Crippen molar-refractivity contribution >= 4 is 31.2 Å². The number of hydrogen-bond acceptors (Lipinski definition) is 8. The Kier molecular flexibility index (Phi) is 4.33. The highest BCUT2D eigenvalue weighted by atomic mass is 32.1. The van der Waals surface area contributed by atoms with Crippen LogP contribution >= 0.6 is 20.0 Å². The molecule has 11 nitrogen and oxygen atoms in total. The van der Waals surface area contributed by atoms with E-state index in [9.17, 15) is 14.8 Å². The molecule has 0 amide bonds. The third-order valence-electron chi connectivity index (χ3n) is 3.40. The Balaban J connectivity index is 1.88. The summed E-state index contributed by atoms with van der Waals surface area (Å²) in [5.74, 6) is 0. The van der Waals surface area contributed by atoms with Crippen molar-refractivity contribution in [2.45, 2.75) is 24.5 Å². The highest BCUT2D eigenvalue weighted by Crippen LogP contribution is 2.38. The molecule has 23 heavy (non-hydrogen) atoms. The molecule has 2 aromatic heterocycles. The van der Waals surface area contributed by atoms with Gasteiger partial charge in [-0.2, -0.15) is 0 Å². The van der Waals surface area contributed by atoms with E-state index >= 15 is 0 Å². The third kappa shape index (κ3) is 3.20. The van der Waals surface area contributed by atoms with Gasteiger partial charge >= 0.3 is 7.82 Å². The van der Waals surface area contributed by atoms with E-state index < -0.39 is 39.0 Å². The predicted molar refractivity (Wildman–Crippen MR) is 76.6 cm³/mol. The van der Waals surface area contributed by atoms with Crippen LogP contribution < -0.4 is 0 Å². The average Bonchev–Trinajstić information content (AvgIpc) is 3.06. The third-order valence-corrected chi connectivity index (χ3v) is 4.19. The first-order valence-corrected chi connectivity index (χ1v) is 8.33. The van der Waals surface area contributed by atoms with Gasteiger partial charge in [-0.15, -0.1) is 0 Å². The molecular formula is C10H13N4O7PS. The minimum Gasteiger partial charge on any atom is -0.387 e. The molecule has 0 radical (unpaired) electrons. The molecule has 1 fully saturated rings. The van der Waals surface area contributed by atoms with Gasteiger partial charge in [-0.05, 0) is 0 Å². The van der Waals surface area contributed by atoms with E-state index in [-0.39, 0.29) is 4.64 Å². The van der Waals surface area contributed by atoms with Crippen molar-refractivity contribution in [2.24, 2.45) is 0 Å². The summed E-state index contributed by atoms with van der Waals surface area (Å²) in [7, 11) is -4.71. The number of aromatic amines is 1. The highest BCUT2D eigenvalue weighted by Gasteiger charge is 2.45. The first-order valence-electron chi connectivity index (χ1n) is 6.40. The van der Waals surface area contributed by atoms with Crippen LogP contribution in [0.25, 0.3) is 11.2 Å². The average molecular weight is 364 g/mol. The molecule has 1 aliphatic rings. The highest BCUT2D eigenvalue weighted by molar-refractivity contribution is 7.71. The zero-order valence-electron chi connectivity index (χ0n) is 11.4. The van der Waals surface area contributed by atoms with Crippen LogP contribution in [-0.4, -0.2) is 64.4 Å². The number of hydrogen-bond donors (Lipinski definition) is 5. The molecule has 0 unspecified atom stereocenters. The normalized spacial score (nSPS) is 28.5. The fraction of sp³-hybridized carbons (Fsp3) is 0.500. The lowest BCUT2D eigenvalue weighted by molar-refractivity contribution is -0.0508. The molecule has 0 aromatic carbocycles. The Morgan fingerprint density at radius 3 is 2.83 bits per heavy atom. The van der Waals surface area contributed by atoms with Crippen LogP contribution in [0.15, 0.2) is 12.7 Å². The van der Waals surface area contributed by atoms with E-state index in [0.29, 0.717) is 11.2 Å². The summed E-state index contributed by atoms with van der Waals surface area (Å²) in [5.41, 5.74) is 0.820. The second kappa shape index (κ2) is 6.00. The van der Waals surface area contributed by atoms with Gasteiger partial charge in [-0.1, -0.05) is 12.2 Å². The number of phosphoric acid groups is 1. The zero-order valence-corrected chi connectivity index (χ0v) is 13.1. The lowest BCUT2D eigenvalue weighted by Gasteiger charge is -2.18. The maximum atomic E-state index is 10.7. The number of nitrogens with one attached hydrogen (secondary N) is 1. The molecular weight excluding hydrogens is 351 g/mol. The number of aliphatic hydroxyl groups is 2. The summed E-state index contributed by atoms with van der Waals surface area (Å²) in [6.07, 6.45) is -2.28. The fourth-order valence-electron chi connectivity index (χ4n) is 2.33. The zero-order chi connectivity index (χ0) is 16.8. The summed E-state index contributed by atoms with van der Waals surface area (Å²) in [5, 5.41) is 20.1. The SMILES string of the molecule is O=P(O)(O)OC[C@H]1O[C@H](n2cnc(=S)c3[nH]cnc32)[C@H](O)[C@@H]1O. The molecule has 5 N–H and O–H groups in total. The van der Waals surface area contributed by atoms with Crippen molar-refractivity contribution < 1.29 is 33.8 Å². The predicted octanol–water partition coefficient (Wildman–Crippen LogP) is -0.783. The molecule has 0 bridgehead atoms. The molecule has 126 valence electrons. The molecule has 0 spiro atoms. The Morgan fingerprint density at radius 2 is 2.13 bits per heavy atom. The van der Waals surface area contributed by atoms with Crippen LogP contribution in [0.5, 0.6) is 0 Å². The van der Waals surface area contributed by atoms with Gasteiger partial charge in [-0.25, -0.2) is 14.5 Å². The molecule has 2 aromatic rings. The smallest absolute Gasteiger partial charge is 0.387 e. The van der Waals surface area contributed by atoms with Crippen molar-refractivity contribution in [2.75, 3.05) is 6.61 Å². The first kappa shape index (κ1) is 16.6. The summed E-state index contributed by atoms with van der Waals surface area (Å²) >= 11 is 5.05. The minimum absolute atomic E-state index is 0.281. The van der Waals surface area contributed by atoms with E-state index in [0.717, 1.165) is 0 Å². The maximum Gasteiger partial charge on any atom is 0.469 e. The Bertz CT molecular complexity index is 819. The largest absolute Gasteiger partial charge is 0.469 e. The molecule has 1 saturated heterocycles. The van der Waals surface area contributed by atoms with Gasteiger partial charge in [0.15, 0.2) is 16.5 Å². The van der Waals surface area contributed by atoms with Crippen LogP contribution in [0.3, 0.4) is 0 Å². The van der Waals surface area contributed by atoms with Crippen LogP contribution in [0.1, 0.15) is 6.23 Å². The summed E-state index contributed by atoms with van der Waals surface area (Å²) < 4.78 is 22.2. The van der Waals surface area contributed by atoms with Crippen molar-refractivity contribution in [1.82, 2.24) is 19.5 Å². The van der Waals surface area contributed by atoms with Crippen molar-refractivity contribution in [3.63, 3.8) is 0 Å². The number of nitrogens with zero attached hydrogens (tertiary/aromatic N) is 3. The molecule has 0 aliphatic carbocycles. The van der Waals surface area contributed by atoms with Crippen LogP contribution in [0, 0.1) is 4.64 Å². The van der Waals surface area contributed by atoms with Crippen molar-refractivity contribution in [3.05, 3.63) is 17.3 Å². The molecule has 3 heterocycles. The van der Waals surface area contributed by atoms with Crippen LogP contribution in [-0.2, 0) is 13.8 Å². The lowest BCUT2D eigenvalue weighted by Crippen LogP contribution is -2.33. The van der Waals surface area contributed by atoms with Gasteiger partial charge in [0.2, 0.25) is 0 Å². The van der Waals surface area contributed by atoms with Crippen LogP contribution in [0.2, 0.25) is 0 Å². The molecule has 13 heteroatoms. The molecule has 0 saturated carbocycles. The second-order valence-corrected chi connectivity index (χ2v) is 6.52. The van der Waals surface area contributed by atoms with E-state index in [2.05, 4.69) is 19.5 Å².